The first-order valence-electron chi connectivity index (χ1n) is 7.42. The number of rotatable bonds is 7. The van der Waals surface area contributed by atoms with Gasteiger partial charge in [-0.25, -0.2) is 0 Å². The third-order valence-corrected chi connectivity index (χ3v) is 3.96. The summed E-state index contributed by atoms with van der Waals surface area (Å²) >= 11 is 0. The Labute approximate surface area is 106 Å². The van der Waals surface area contributed by atoms with Crippen LogP contribution in [-0.2, 0) is 4.74 Å². The number of nitrogens with zero attached hydrogens (tertiary/aromatic N) is 1. The molecule has 1 unspecified atom stereocenters. The smallest absolute Gasteiger partial charge is 0.0494 e. The van der Waals surface area contributed by atoms with Gasteiger partial charge in [-0.3, -0.25) is 0 Å². The van der Waals surface area contributed by atoms with E-state index in [1.165, 1.54) is 51.7 Å². The van der Waals surface area contributed by atoms with Crippen molar-refractivity contribution in [2.24, 2.45) is 5.92 Å². The Morgan fingerprint density at radius 1 is 1.24 bits per heavy atom. The van der Waals surface area contributed by atoms with Gasteiger partial charge in [0.2, 0.25) is 0 Å². The molecule has 1 saturated carbocycles. The molecule has 0 spiro atoms. The molecule has 1 aliphatic heterocycles. The Hall–Kier alpha value is -0.120. The van der Waals surface area contributed by atoms with Gasteiger partial charge in [-0.2, -0.15) is 0 Å². The van der Waals surface area contributed by atoms with Crippen molar-refractivity contribution in [3.63, 3.8) is 0 Å². The second-order valence-electron chi connectivity index (χ2n) is 5.56. The molecule has 0 aromatic carbocycles. The molecule has 0 aromatic heterocycles. The van der Waals surface area contributed by atoms with Crippen LogP contribution in [0.5, 0.6) is 0 Å². The van der Waals surface area contributed by atoms with E-state index in [9.17, 15) is 0 Å². The van der Waals surface area contributed by atoms with Gasteiger partial charge < -0.3 is 15.0 Å². The van der Waals surface area contributed by atoms with E-state index in [1.54, 1.807) is 0 Å². The van der Waals surface area contributed by atoms with Crippen molar-refractivity contribution in [3.8, 4) is 0 Å². The maximum atomic E-state index is 5.68. The largest absolute Gasteiger partial charge is 0.381 e. The third-order valence-electron chi connectivity index (χ3n) is 3.96. The predicted octanol–water partition coefficient (Wildman–Crippen LogP) is 1.88. The summed E-state index contributed by atoms with van der Waals surface area (Å²) < 4.78 is 5.68. The second-order valence-corrected chi connectivity index (χ2v) is 5.56. The van der Waals surface area contributed by atoms with Gasteiger partial charge in [0.05, 0.1) is 0 Å². The summed E-state index contributed by atoms with van der Waals surface area (Å²) in [7, 11) is 0. The van der Waals surface area contributed by atoms with Gasteiger partial charge in [0.25, 0.3) is 0 Å². The molecular weight excluding hydrogens is 212 g/mol. The van der Waals surface area contributed by atoms with Crippen LogP contribution in [0.1, 0.15) is 39.0 Å². The van der Waals surface area contributed by atoms with Crippen molar-refractivity contribution < 1.29 is 4.74 Å². The van der Waals surface area contributed by atoms with Crippen molar-refractivity contribution in [3.05, 3.63) is 0 Å². The van der Waals surface area contributed by atoms with Gasteiger partial charge in [-0.15, -0.1) is 0 Å². The Kier molecular flexibility index (Phi) is 5.75. The van der Waals surface area contributed by atoms with Gasteiger partial charge in [-0.05, 0) is 44.6 Å². The molecule has 1 atom stereocenters. The molecule has 0 aromatic rings. The Balaban J connectivity index is 1.49. The zero-order valence-corrected chi connectivity index (χ0v) is 11.3. The minimum atomic E-state index is 0.742. The molecule has 17 heavy (non-hydrogen) atoms. The van der Waals surface area contributed by atoms with Crippen molar-refractivity contribution in [2.45, 2.75) is 45.1 Å². The molecule has 0 amide bonds. The quantitative estimate of drug-likeness (QED) is 0.688. The van der Waals surface area contributed by atoms with E-state index in [0.29, 0.717) is 0 Å². The second kappa shape index (κ2) is 7.34. The molecule has 2 aliphatic rings. The van der Waals surface area contributed by atoms with E-state index in [0.717, 1.165) is 31.7 Å². The van der Waals surface area contributed by atoms with Crippen LogP contribution in [-0.4, -0.2) is 50.3 Å². The minimum absolute atomic E-state index is 0.742. The van der Waals surface area contributed by atoms with Gasteiger partial charge in [0.1, 0.15) is 0 Å². The van der Waals surface area contributed by atoms with Crippen molar-refractivity contribution in [2.75, 3.05) is 39.4 Å². The van der Waals surface area contributed by atoms with Crippen molar-refractivity contribution >= 4 is 0 Å². The van der Waals surface area contributed by atoms with E-state index in [4.69, 9.17) is 4.74 Å². The maximum Gasteiger partial charge on any atom is 0.0494 e. The lowest BCUT2D eigenvalue weighted by Gasteiger charge is -2.19. The number of nitrogens with one attached hydrogen (secondary N) is 1. The van der Waals surface area contributed by atoms with Crippen molar-refractivity contribution in [1.82, 2.24) is 10.2 Å². The summed E-state index contributed by atoms with van der Waals surface area (Å²) in [5, 5.41) is 3.61. The zero-order valence-electron chi connectivity index (χ0n) is 11.3. The lowest BCUT2D eigenvalue weighted by atomic mass is 10.1. The maximum absolute atomic E-state index is 5.68. The standard InChI is InChI=1S/C14H28N2O/c1-2-14-6-9-16(10-7-15-14)8-3-11-17-12-13-4-5-13/h13-15H,2-12H2,1H3. The lowest BCUT2D eigenvalue weighted by molar-refractivity contribution is 0.112. The normalized spacial score (nSPS) is 27.0. The van der Waals surface area contributed by atoms with Gasteiger partial charge in [0.15, 0.2) is 0 Å². The van der Waals surface area contributed by atoms with E-state index in [-0.39, 0.29) is 0 Å². The molecule has 1 saturated heterocycles. The predicted molar refractivity (Wildman–Crippen MR) is 71.3 cm³/mol. The average molecular weight is 240 g/mol. The third kappa shape index (κ3) is 5.36. The first-order chi connectivity index (χ1) is 8.38. The van der Waals surface area contributed by atoms with Gasteiger partial charge in [0, 0.05) is 38.9 Å². The molecule has 2 fully saturated rings. The molecule has 1 heterocycles. The topological polar surface area (TPSA) is 24.5 Å². The average Bonchev–Trinajstić information content (AvgIpc) is 3.15. The summed E-state index contributed by atoms with van der Waals surface area (Å²) in [6.07, 6.45) is 6.56. The number of hydrogen-bond donors (Lipinski definition) is 1. The molecule has 2 rings (SSSR count). The fraction of sp³-hybridized carbons (Fsp3) is 1.00. The fourth-order valence-electron chi connectivity index (χ4n) is 2.48. The molecule has 1 N–H and O–H groups in total. The Morgan fingerprint density at radius 2 is 2.12 bits per heavy atom. The molecule has 3 heteroatoms. The summed E-state index contributed by atoms with van der Waals surface area (Å²) in [5.74, 6) is 0.905. The van der Waals surface area contributed by atoms with E-state index < -0.39 is 0 Å². The van der Waals surface area contributed by atoms with Crippen LogP contribution in [0.4, 0.5) is 0 Å². The van der Waals surface area contributed by atoms with Crippen LogP contribution < -0.4 is 5.32 Å². The summed E-state index contributed by atoms with van der Waals surface area (Å²) in [6, 6.07) is 0.742. The first-order valence-corrected chi connectivity index (χ1v) is 7.42. The summed E-state index contributed by atoms with van der Waals surface area (Å²) in [4.78, 5) is 2.59. The van der Waals surface area contributed by atoms with Gasteiger partial charge >= 0.3 is 0 Å². The van der Waals surface area contributed by atoms with Crippen molar-refractivity contribution in [1.29, 1.82) is 0 Å². The Morgan fingerprint density at radius 3 is 2.88 bits per heavy atom. The highest BCUT2D eigenvalue weighted by Crippen LogP contribution is 2.28. The highest BCUT2D eigenvalue weighted by Gasteiger charge is 2.21. The van der Waals surface area contributed by atoms with Crippen LogP contribution in [0.3, 0.4) is 0 Å². The minimum Gasteiger partial charge on any atom is -0.381 e. The van der Waals surface area contributed by atoms with E-state index in [2.05, 4.69) is 17.1 Å². The van der Waals surface area contributed by atoms with Crippen LogP contribution in [0.15, 0.2) is 0 Å². The fourth-order valence-corrected chi connectivity index (χ4v) is 2.48. The Bertz CT molecular complexity index is 206. The molecule has 0 radical (unpaired) electrons. The molecular formula is C14H28N2O. The van der Waals surface area contributed by atoms with Crippen LogP contribution in [0.2, 0.25) is 0 Å². The molecule has 100 valence electrons. The highest BCUT2D eigenvalue weighted by molar-refractivity contribution is 4.74. The molecule has 3 nitrogen and oxygen atoms in total. The lowest BCUT2D eigenvalue weighted by Crippen LogP contribution is -2.30. The monoisotopic (exact) mass is 240 g/mol. The summed E-state index contributed by atoms with van der Waals surface area (Å²) in [6.45, 7) is 9.08. The van der Waals surface area contributed by atoms with E-state index >= 15 is 0 Å². The zero-order chi connectivity index (χ0) is 11.9. The van der Waals surface area contributed by atoms with Gasteiger partial charge in [-0.1, -0.05) is 6.92 Å². The van der Waals surface area contributed by atoms with Crippen LogP contribution >= 0.6 is 0 Å². The first kappa shape index (κ1) is 13.3. The number of hydrogen-bond acceptors (Lipinski definition) is 3. The van der Waals surface area contributed by atoms with Crippen LogP contribution in [0, 0.1) is 5.92 Å². The molecule has 1 aliphatic carbocycles. The van der Waals surface area contributed by atoms with Crippen LogP contribution in [0.25, 0.3) is 0 Å². The SMILES string of the molecule is CCC1CCN(CCCOCC2CC2)CCN1. The summed E-state index contributed by atoms with van der Waals surface area (Å²) in [5.41, 5.74) is 0. The highest BCUT2D eigenvalue weighted by atomic mass is 16.5. The molecule has 0 bridgehead atoms. The number of ether oxygens (including phenoxy) is 1. The van der Waals surface area contributed by atoms with E-state index in [1.807, 2.05) is 0 Å².